The van der Waals surface area contributed by atoms with Crippen LogP contribution in [0.15, 0.2) is 243 Å². The number of rotatable bonds is 5. The molecular formula is C64H40N2. The molecule has 0 saturated heterocycles. The summed E-state index contributed by atoms with van der Waals surface area (Å²) in [5.74, 6) is 0. The Morgan fingerprint density at radius 3 is 1.00 bits per heavy atom. The maximum atomic E-state index is 2.42. The van der Waals surface area contributed by atoms with E-state index >= 15 is 0 Å². The second-order valence-corrected chi connectivity index (χ2v) is 17.6. The van der Waals surface area contributed by atoms with Crippen molar-refractivity contribution in [3.8, 4) is 44.8 Å². The molecule has 12 aromatic carbocycles. The van der Waals surface area contributed by atoms with Crippen molar-refractivity contribution in [2.24, 2.45) is 0 Å². The third-order valence-electron chi connectivity index (χ3n) is 14.1. The van der Waals surface area contributed by atoms with Gasteiger partial charge in [0.25, 0.3) is 0 Å². The molecule has 2 heteroatoms. The highest BCUT2D eigenvalue weighted by Crippen LogP contribution is 2.43. The van der Waals surface area contributed by atoms with Crippen molar-refractivity contribution in [2.45, 2.75) is 0 Å². The predicted octanol–water partition coefficient (Wildman–Crippen LogP) is 17.5. The van der Waals surface area contributed by atoms with E-state index in [1.165, 1.54) is 126 Å². The Bertz CT molecular complexity index is 4230. The van der Waals surface area contributed by atoms with Crippen molar-refractivity contribution >= 4 is 86.7 Å². The molecule has 0 N–H and O–H groups in total. The highest BCUT2D eigenvalue weighted by Gasteiger charge is 2.19. The van der Waals surface area contributed by atoms with Crippen LogP contribution in [0.5, 0.6) is 0 Å². The second kappa shape index (κ2) is 14.4. The van der Waals surface area contributed by atoms with Gasteiger partial charge in [-0.15, -0.1) is 0 Å². The third kappa shape index (κ3) is 5.49. The molecule has 0 aliphatic carbocycles. The molecule has 2 aromatic heterocycles. The van der Waals surface area contributed by atoms with Crippen LogP contribution in [0, 0.1) is 0 Å². The standard InChI is InChI=1S/C64H40N2/c1-3-15-45(16-4-1)65-61-26-14-13-25-56(61)58-39-43(29-35-62(58)65)47-32-33-48(50-20-8-7-19-49(47)50)44-30-36-64-60(40-44)59-38-42(28-34-63(59)66(64)46-17-5-2-6-18-46)41-27-31-55-53-23-10-9-21-51(53)52-22-11-12-24-54(52)57(55)37-41/h1-40H. The molecule has 0 saturated carbocycles. The van der Waals surface area contributed by atoms with Gasteiger partial charge in [-0.3, -0.25) is 0 Å². The summed E-state index contributed by atoms with van der Waals surface area (Å²) in [5, 5.41) is 15.2. The predicted molar refractivity (Wildman–Crippen MR) is 281 cm³/mol. The minimum absolute atomic E-state index is 1.15. The van der Waals surface area contributed by atoms with Crippen LogP contribution >= 0.6 is 0 Å². The monoisotopic (exact) mass is 836 g/mol. The zero-order valence-electron chi connectivity index (χ0n) is 36.0. The summed E-state index contributed by atoms with van der Waals surface area (Å²) in [5.41, 5.74) is 14.4. The first-order chi connectivity index (χ1) is 32.7. The van der Waals surface area contributed by atoms with Crippen LogP contribution < -0.4 is 0 Å². The lowest BCUT2D eigenvalue weighted by Gasteiger charge is -2.13. The molecule has 0 fully saturated rings. The maximum Gasteiger partial charge on any atom is 0.0541 e. The van der Waals surface area contributed by atoms with Crippen molar-refractivity contribution in [1.29, 1.82) is 0 Å². The number of nitrogens with zero attached hydrogens (tertiary/aromatic N) is 2. The molecule has 306 valence electrons. The molecule has 66 heavy (non-hydrogen) atoms. The van der Waals surface area contributed by atoms with E-state index in [1.807, 2.05) is 0 Å². The number of fused-ring (bicyclic) bond motifs is 13. The lowest BCUT2D eigenvalue weighted by molar-refractivity contribution is 1.18. The molecule has 0 unspecified atom stereocenters. The maximum absolute atomic E-state index is 2.42. The first kappa shape index (κ1) is 36.7. The van der Waals surface area contributed by atoms with E-state index in [-0.39, 0.29) is 0 Å². The second-order valence-electron chi connectivity index (χ2n) is 17.6. The van der Waals surface area contributed by atoms with Gasteiger partial charge in [0.1, 0.15) is 0 Å². The smallest absolute Gasteiger partial charge is 0.0541 e. The number of benzene rings is 12. The Kier molecular flexibility index (Phi) is 8.02. The van der Waals surface area contributed by atoms with Gasteiger partial charge in [0.2, 0.25) is 0 Å². The molecule has 0 aliphatic rings. The lowest BCUT2D eigenvalue weighted by Crippen LogP contribution is -1.93. The van der Waals surface area contributed by atoms with Crippen LogP contribution in [0.3, 0.4) is 0 Å². The zero-order chi connectivity index (χ0) is 43.3. The van der Waals surface area contributed by atoms with E-state index in [0.29, 0.717) is 0 Å². The fraction of sp³-hybridized carbons (Fsp3) is 0. The average molecular weight is 837 g/mol. The molecule has 0 radical (unpaired) electrons. The van der Waals surface area contributed by atoms with Gasteiger partial charge >= 0.3 is 0 Å². The van der Waals surface area contributed by atoms with E-state index in [2.05, 4.69) is 252 Å². The molecule has 14 rings (SSSR count). The largest absolute Gasteiger partial charge is 0.309 e. The van der Waals surface area contributed by atoms with Gasteiger partial charge in [-0.2, -0.15) is 0 Å². The topological polar surface area (TPSA) is 9.86 Å². The Balaban J connectivity index is 0.939. The Hall–Kier alpha value is -8.72. The average Bonchev–Trinajstić information content (AvgIpc) is 3.90. The molecule has 0 spiro atoms. The first-order valence-corrected chi connectivity index (χ1v) is 22.8. The molecule has 0 aliphatic heterocycles. The summed E-state index contributed by atoms with van der Waals surface area (Å²) in [7, 11) is 0. The highest BCUT2D eigenvalue weighted by atomic mass is 15.0. The summed E-state index contributed by atoms with van der Waals surface area (Å²) < 4.78 is 4.80. The highest BCUT2D eigenvalue weighted by molar-refractivity contribution is 6.26. The van der Waals surface area contributed by atoms with Crippen molar-refractivity contribution in [1.82, 2.24) is 9.13 Å². The Morgan fingerprint density at radius 1 is 0.182 bits per heavy atom. The van der Waals surface area contributed by atoms with Crippen molar-refractivity contribution in [2.75, 3.05) is 0 Å². The van der Waals surface area contributed by atoms with Crippen LogP contribution in [0.4, 0.5) is 0 Å². The molecule has 2 heterocycles. The van der Waals surface area contributed by atoms with Gasteiger partial charge in [-0.05, 0) is 149 Å². The van der Waals surface area contributed by atoms with Gasteiger partial charge < -0.3 is 9.13 Å². The van der Waals surface area contributed by atoms with E-state index in [4.69, 9.17) is 0 Å². The number of para-hydroxylation sites is 3. The quantitative estimate of drug-likeness (QED) is 0.153. The van der Waals surface area contributed by atoms with E-state index < -0.39 is 0 Å². The van der Waals surface area contributed by atoms with Crippen molar-refractivity contribution in [3.63, 3.8) is 0 Å². The minimum Gasteiger partial charge on any atom is -0.309 e. The molecule has 0 atom stereocenters. The van der Waals surface area contributed by atoms with Gasteiger partial charge in [-0.25, -0.2) is 0 Å². The fourth-order valence-electron chi connectivity index (χ4n) is 11.1. The van der Waals surface area contributed by atoms with Crippen molar-refractivity contribution < 1.29 is 0 Å². The molecule has 2 nitrogen and oxygen atoms in total. The van der Waals surface area contributed by atoms with Crippen LogP contribution in [0.1, 0.15) is 0 Å². The van der Waals surface area contributed by atoms with Gasteiger partial charge in [0.05, 0.1) is 22.1 Å². The van der Waals surface area contributed by atoms with E-state index in [9.17, 15) is 0 Å². The SMILES string of the molecule is c1ccc(-n2c3ccccc3c3cc(-c4ccc(-c5ccc6c(c5)c5cc(-c7ccc8c9ccccc9c9ccccc9c8c7)ccc5n6-c5ccccc5)c5ccccc45)ccc32)cc1. The Morgan fingerprint density at radius 2 is 0.500 bits per heavy atom. The normalized spacial score (nSPS) is 11.9. The third-order valence-corrected chi connectivity index (χ3v) is 14.1. The van der Waals surface area contributed by atoms with Crippen LogP contribution in [0.25, 0.3) is 131 Å². The van der Waals surface area contributed by atoms with Crippen LogP contribution in [-0.2, 0) is 0 Å². The van der Waals surface area contributed by atoms with Crippen LogP contribution in [0.2, 0.25) is 0 Å². The summed E-state index contributed by atoms with van der Waals surface area (Å²) in [6.07, 6.45) is 0. The molecule has 14 aromatic rings. The zero-order valence-corrected chi connectivity index (χ0v) is 36.0. The number of hydrogen-bond acceptors (Lipinski definition) is 0. The van der Waals surface area contributed by atoms with E-state index in [1.54, 1.807) is 0 Å². The van der Waals surface area contributed by atoms with E-state index in [0.717, 1.165) is 5.69 Å². The summed E-state index contributed by atoms with van der Waals surface area (Å²) in [4.78, 5) is 0. The fourth-order valence-corrected chi connectivity index (χ4v) is 11.1. The van der Waals surface area contributed by atoms with Gasteiger partial charge in [0, 0.05) is 32.9 Å². The summed E-state index contributed by atoms with van der Waals surface area (Å²) in [6, 6.07) is 89.6. The molecule has 0 bridgehead atoms. The first-order valence-electron chi connectivity index (χ1n) is 22.8. The molecule has 0 amide bonds. The van der Waals surface area contributed by atoms with Crippen molar-refractivity contribution in [3.05, 3.63) is 243 Å². The van der Waals surface area contributed by atoms with Gasteiger partial charge in [-0.1, -0.05) is 170 Å². The number of aromatic nitrogens is 2. The lowest BCUT2D eigenvalue weighted by atomic mass is 9.91. The minimum atomic E-state index is 1.15. The summed E-state index contributed by atoms with van der Waals surface area (Å²) >= 11 is 0. The van der Waals surface area contributed by atoms with Crippen LogP contribution in [-0.4, -0.2) is 9.13 Å². The molecular weight excluding hydrogens is 797 g/mol. The number of hydrogen-bond donors (Lipinski definition) is 0. The van der Waals surface area contributed by atoms with Gasteiger partial charge in [0.15, 0.2) is 0 Å². The summed E-state index contributed by atoms with van der Waals surface area (Å²) in [6.45, 7) is 0. The Labute approximate surface area is 381 Å².